The van der Waals surface area contributed by atoms with Crippen molar-refractivity contribution in [2.75, 3.05) is 13.1 Å². The van der Waals surface area contributed by atoms with Crippen LogP contribution < -0.4 is 11.1 Å². The lowest BCUT2D eigenvalue weighted by Crippen LogP contribution is -2.47. The molecule has 2 rings (SSSR count). The van der Waals surface area contributed by atoms with E-state index in [1.54, 1.807) is 24.0 Å². The van der Waals surface area contributed by atoms with E-state index in [-0.39, 0.29) is 11.7 Å². The summed E-state index contributed by atoms with van der Waals surface area (Å²) in [6.45, 7) is 3.21. The maximum Gasteiger partial charge on any atom is 0.287 e. The minimum absolute atomic E-state index is 0.146. The maximum absolute atomic E-state index is 12.7. The zero-order valence-corrected chi connectivity index (χ0v) is 13.8. The normalized spacial score (nSPS) is 11.8. The fourth-order valence-electron chi connectivity index (χ4n) is 2.36. The molecule has 128 valence electrons. The molecule has 0 bridgehead atoms. The van der Waals surface area contributed by atoms with Gasteiger partial charge in [-0.05, 0) is 37.6 Å². The lowest BCUT2D eigenvalue weighted by Gasteiger charge is -2.26. The SMILES string of the molecule is CC(NC(=O)c1ccco1)C(=O)N(CCCN)Cc1ccccc1. The first-order valence-corrected chi connectivity index (χ1v) is 7.99. The highest BCUT2D eigenvalue weighted by atomic mass is 16.3. The lowest BCUT2D eigenvalue weighted by molar-refractivity contribution is -0.133. The van der Waals surface area contributed by atoms with Gasteiger partial charge in [-0.25, -0.2) is 0 Å². The van der Waals surface area contributed by atoms with Gasteiger partial charge in [0.05, 0.1) is 6.26 Å². The first kappa shape index (κ1) is 17.7. The first-order chi connectivity index (χ1) is 11.6. The second kappa shape index (κ2) is 8.88. The largest absolute Gasteiger partial charge is 0.459 e. The Morgan fingerprint density at radius 1 is 1.21 bits per heavy atom. The number of nitrogens with two attached hydrogens (primary N) is 1. The summed E-state index contributed by atoms with van der Waals surface area (Å²) in [7, 11) is 0. The second-order valence-corrected chi connectivity index (χ2v) is 5.56. The Morgan fingerprint density at radius 2 is 1.96 bits per heavy atom. The predicted octanol–water partition coefficient (Wildman–Crippen LogP) is 1.78. The molecule has 2 aromatic rings. The fourth-order valence-corrected chi connectivity index (χ4v) is 2.36. The van der Waals surface area contributed by atoms with Crippen LogP contribution >= 0.6 is 0 Å². The Morgan fingerprint density at radius 3 is 2.58 bits per heavy atom. The molecule has 6 heteroatoms. The summed E-state index contributed by atoms with van der Waals surface area (Å²) in [5.74, 6) is -0.363. The summed E-state index contributed by atoms with van der Waals surface area (Å²) in [5, 5.41) is 2.67. The number of rotatable bonds is 8. The molecular weight excluding hydrogens is 306 g/mol. The Kier molecular flexibility index (Phi) is 6.57. The highest BCUT2D eigenvalue weighted by Crippen LogP contribution is 2.08. The van der Waals surface area contributed by atoms with Gasteiger partial charge in [0.15, 0.2) is 5.76 Å². The van der Waals surface area contributed by atoms with Gasteiger partial charge in [0.2, 0.25) is 5.91 Å². The molecule has 1 unspecified atom stereocenters. The Labute approximate surface area is 141 Å². The molecule has 0 aliphatic carbocycles. The number of hydrogen-bond donors (Lipinski definition) is 2. The smallest absolute Gasteiger partial charge is 0.287 e. The molecule has 0 spiro atoms. The van der Waals surface area contributed by atoms with Gasteiger partial charge in [-0.2, -0.15) is 0 Å². The predicted molar refractivity (Wildman–Crippen MR) is 91.2 cm³/mol. The standard InChI is InChI=1S/C18H23N3O3/c1-14(20-17(22)16-9-5-12-24-16)18(23)21(11-6-10-19)13-15-7-3-2-4-8-15/h2-5,7-9,12,14H,6,10-11,13,19H2,1H3,(H,20,22). The molecule has 0 saturated carbocycles. The first-order valence-electron chi connectivity index (χ1n) is 7.99. The Balaban J connectivity index is 2.01. The van der Waals surface area contributed by atoms with Crippen LogP contribution in [-0.2, 0) is 11.3 Å². The van der Waals surface area contributed by atoms with Crippen molar-refractivity contribution in [3.05, 3.63) is 60.1 Å². The van der Waals surface area contributed by atoms with Crippen molar-refractivity contribution in [1.82, 2.24) is 10.2 Å². The minimum Gasteiger partial charge on any atom is -0.459 e. The molecule has 1 heterocycles. The van der Waals surface area contributed by atoms with Gasteiger partial charge in [-0.15, -0.1) is 0 Å². The van der Waals surface area contributed by atoms with E-state index in [1.807, 2.05) is 30.3 Å². The number of carbonyl (C=O) groups excluding carboxylic acids is 2. The monoisotopic (exact) mass is 329 g/mol. The average molecular weight is 329 g/mol. The number of nitrogens with one attached hydrogen (secondary N) is 1. The van der Waals surface area contributed by atoms with Gasteiger partial charge in [-0.3, -0.25) is 9.59 Å². The lowest BCUT2D eigenvalue weighted by atomic mass is 10.2. The van der Waals surface area contributed by atoms with E-state index in [0.29, 0.717) is 26.1 Å². The number of nitrogens with zero attached hydrogens (tertiary/aromatic N) is 1. The van der Waals surface area contributed by atoms with Crippen molar-refractivity contribution >= 4 is 11.8 Å². The molecule has 6 nitrogen and oxygen atoms in total. The van der Waals surface area contributed by atoms with E-state index >= 15 is 0 Å². The van der Waals surface area contributed by atoms with E-state index < -0.39 is 11.9 Å². The number of amides is 2. The molecule has 24 heavy (non-hydrogen) atoms. The molecule has 0 aliphatic rings. The highest BCUT2D eigenvalue weighted by molar-refractivity contribution is 5.95. The average Bonchev–Trinajstić information content (AvgIpc) is 3.13. The quantitative estimate of drug-likeness (QED) is 0.772. The van der Waals surface area contributed by atoms with Crippen molar-refractivity contribution in [2.45, 2.75) is 25.9 Å². The van der Waals surface area contributed by atoms with E-state index in [2.05, 4.69) is 5.32 Å². The van der Waals surface area contributed by atoms with Gasteiger partial charge in [0.1, 0.15) is 6.04 Å². The molecule has 0 radical (unpaired) electrons. The summed E-state index contributed by atoms with van der Waals surface area (Å²) >= 11 is 0. The summed E-state index contributed by atoms with van der Waals surface area (Å²) in [4.78, 5) is 26.4. The molecule has 2 amide bonds. The topological polar surface area (TPSA) is 88.6 Å². The van der Waals surface area contributed by atoms with Crippen molar-refractivity contribution in [3.63, 3.8) is 0 Å². The van der Waals surface area contributed by atoms with Crippen LogP contribution in [0.25, 0.3) is 0 Å². The molecule has 1 aromatic carbocycles. The fraction of sp³-hybridized carbons (Fsp3) is 0.333. The Hall–Kier alpha value is -2.60. The number of furan rings is 1. The van der Waals surface area contributed by atoms with Gasteiger partial charge >= 0.3 is 0 Å². The van der Waals surface area contributed by atoms with E-state index in [0.717, 1.165) is 5.56 Å². The third kappa shape index (κ3) is 4.96. The van der Waals surface area contributed by atoms with Crippen LogP contribution in [0.2, 0.25) is 0 Å². The van der Waals surface area contributed by atoms with Crippen LogP contribution in [0.15, 0.2) is 53.1 Å². The van der Waals surface area contributed by atoms with Crippen LogP contribution in [-0.4, -0.2) is 35.8 Å². The van der Waals surface area contributed by atoms with E-state index in [9.17, 15) is 9.59 Å². The second-order valence-electron chi connectivity index (χ2n) is 5.56. The highest BCUT2D eigenvalue weighted by Gasteiger charge is 2.23. The molecule has 0 fully saturated rings. The molecule has 3 N–H and O–H groups in total. The van der Waals surface area contributed by atoms with Crippen LogP contribution in [0, 0.1) is 0 Å². The Bertz CT molecular complexity index is 641. The third-order valence-electron chi connectivity index (χ3n) is 3.62. The summed E-state index contributed by atoms with van der Waals surface area (Å²) < 4.78 is 5.04. The molecule has 1 aromatic heterocycles. The van der Waals surface area contributed by atoms with Crippen molar-refractivity contribution in [3.8, 4) is 0 Å². The summed E-state index contributed by atoms with van der Waals surface area (Å²) in [5.41, 5.74) is 6.61. The summed E-state index contributed by atoms with van der Waals surface area (Å²) in [6.07, 6.45) is 2.13. The number of hydrogen-bond acceptors (Lipinski definition) is 4. The maximum atomic E-state index is 12.7. The van der Waals surface area contributed by atoms with Gasteiger partial charge in [0.25, 0.3) is 5.91 Å². The van der Waals surface area contributed by atoms with Gasteiger partial charge < -0.3 is 20.4 Å². The van der Waals surface area contributed by atoms with Crippen LogP contribution in [0.5, 0.6) is 0 Å². The molecule has 0 saturated heterocycles. The van der Waals surface area contributed by atoms with Crippen LogP contribution in [0.1, 0.15) is 29.5 Å². The molecular formula is C18H23N3O3. The van der Waals surface area contributed by atoms with Crippen molar-refractivity contribution in [1.29, 1.82) is 0 Å². The minimum atomic E-state index is -0.649. The van der Waals surface area contributed by atoms with E-state index in [4.69, 9.17) is 10.2 Å². The van der Waals surface area contributed by atoms with Crippen molar-refractivity contribution in [2.24, 2.45) is 5.73 Å². The zero-order chi connectivity index (χ0) is 17.4. The van der Waals surface area contributed by atoms with Gasteiger partial charge in [0, 0.05) is 13.1 Å². The molecule has 1 atom stereocenters. The molecule has 0 aliphatic heterocycles. The van der Waals surface area contributed by atoms with Crippen molar-refractivity contribution < 1.29 is 14.0 Å². The number of carbonyl (C=O) groups is 2. The van der Waals surface area contributed by atoms with E-state index in [1.165, 1.54) is 6.26 Å². The van der Waals surface area contributed by atoms with Crippen LogP contribution in [0.3, 0.4) is 0 Å². The third-order valence-corrected chi connectivity index (χ3v) is 3.62. The summed E-state index contributed by atoms with van der Waals surface area (Å²) in [6, 6.07) is 12.3. The van der Waals surface area contributed by atoms with Gasteiger partial charge in [-0.1, -0.05) is 30.3 Å². The van der Waals surface area contributed by atoms with Crippen LogP contribution in [0.4, 0.5) is 0 Å². The number of benzene rings is 1. The zero-order valence-electron chi connectivity index (χ0n) is 13.8.